The fourth-order valence-corrected chi connectivity index (χ4v) is 4.04. The zero-order valence-corrected chi connectivity index (χ0v) is 17.6. The summed E-state index contributed by atoms with van der Waals surface area (Å²) in [5.41, 5.74) is 3.69. The van der Waals surface area contributed by atoms with Crippen LogP contribution in [0.15, 0.2) is 72.9 Å². The van der Waals surface area contributed by atoms with Crippen molar-refractivity contribution in [2.75, 3.05) is 36.0 Å². The lowest BCUT2D eigenvalue weighted by atomic mass is 10.0. The Hall–Kier alpha value is -3.81. The molecule has 1 N–H and O–H groups in total. The second-order valence-corrected chi connectivity index (χ2v) is 8.00. The molecular weight excluding hydrogens is 429 g/mol. The topological polar surface area (TPSA) is 52.5 Å². The van der Waals surface area contributed by atoms with Crippen LogP contribution in [0.25, 0.3) is 22.2 Å². The van der Waals surface area contributed by atoms with E-state index in [-0.39, 0.29) is 5.75 Å². The van der Waals surface area contributed by atoms with Gasteiger partial charge in [-0.2, -0.15) is 13.2 Å². The summed E-state index contributed by atoms with van der Waals surface area (Å²) < 4.78 is 38.4. The lowest BCUT2D eigenvalue weighted by molar-refractivity contribution is -0.137. The zero-order chi connectivity index (χ0) is 23.0. The molecule has 0 bridgehead atoms. The highest BCUT2D eigenvalue weighted by atomic mass is 19.4. The van der Waals surface area contributed by atoms with Gasteiger partial charge in [0.1, 0.15) is 11.6 Å². The number of phenols is 1. The molecule has 3 aromatic carbocycles. The van der Waals surface area contributed by atoms with E-state index in [0.29, 0.717) is 26.2 Å². The third-order valence-electron chi connectivity index (χ3n) is 5.89. The van der Waals surface area contributed by atoms with Crippen molar-refractivity contribution in [1.82, 2.24) is 9.97 Å². The van der Waals surface area contributed by atoms with Gasteiger partial charge in [0.25, 0.3) is 0 Å². The molecule has 8 heteroatoms. The van der Waals surface area contributed by atoms with Crippen molar-refractivity contribution in [1.29, 1.82) is 0 Å². The normalized spacial score (nSPS) is 14.6. The number of hydrogen-bond acceptors (Lipinski definition) is 5. The Kier molecular flexibility index (Phi) is 5.28. The summed E-state index contributed by atoms with van der Waals surface area (Å²) in [6.45, 7) is 2.75. The second kappa shape index (κ2) is 8.27. The minimum absolute atomic E-state index is 0.219. The fraction of sp³-hybridized carbons (Fsp3) is 0.200. The van der Waals surface area contributed by atoms with Crippen molar-refractivity contribution in [3.63, 3.8) is 0 Å². The highest BCUT2D eigenvalue weighted by Gasteiger charge is 2.30. The number of piperazine rings is 1. The van der Waals surface area contributed by atoms with Gasteiger partial charge in [-0.25, -0.2) is 4.98 Å². The van der Waals surface area contributed by atoms with E-state index >= 15 is 0 Å². The first-order valence-corrected chi connectivity index (χ1v) is 10.6. The summed E-state index contributed by atoms with van der Waals surface area (Å²) in [7, 11) is 0. The number of aromatic nitrogens is 2. The molecule has 168 valence electrons. The molecule has 1 aliphatic rings. The molecule has 1 aliphatic heterocycles. The standard InChI is InChI=1S/C25H21F3N4O/c26-25(27,28)19-4-6-20(7-5-19)31-11-13-32(14-12-31)24-16-29-22-10-3-18(15-23(22)30-24)17-1-8-21(33)9-2-17/h1-10,15-16,33H,11-14H2. The van der Waals surface area contributed by atoms with E-state index in [1.807, 2.05) is 30.3 Å². The van der Waals surface area contributed by atoms with E-state index in [9.17, 15) is 18.3 Å². The molecule has 0 radical (unpaired) electrons. The molecule has 0 aliphatic carbocycles. The number of rotatable bonds is 3. The van der Waals surface area contributed by atoms with Gasteiger partial charge in [-0.15, -0.1) is 0 Å². The molecule has 5 nitrogen and oxygen atoms in total. The van der Waals surface area contributed by atoms with Gasteiger partial charge in [-0.05, 0) is 59.7 Å². The highest BCUT2D eigenvalue weighted by Crippen LogP contribution is 2.31. The number of nitrogens with zero attached hydrogens (tertiary/aromatic N) is 4. The molecule has 4 aromatic rings. The van der Waals surface area contributed by atoms with Crippen molar-refractivity contribution >= 4 is 22.5 Å². The van der Waals surface area contributed by atoms with E-state index in [1.165, 1.54) is 12.1 Å². The van der Waals surface area contributed by atoms with Crippen LogP contribution >= 0.6 is 0 Å². The number of benzene rings is 3. The monoisotopic (exact) mass is 450 g/mol. The molecule has 1 fully saturated rings. The number of phenolic OH excluding ortho intramolecular Hbond substituents is 1. The Morgan fingerprint density at radius 1 is 0.727 bits per heavy atom. The average Bonchev–Trinajstić information content (AvgIpc) is 2.83. The van der Waals surface area contributed by atoms with Gasteiger partial charge >= 0.3 is 6.18 Å². The van der Waals surface area contributed by atoms with Gasteiger partial charge in [0, 0.05) is 31.9 Å². The van der Waals surface area contributed by atoms with Crippen molar-refractivity contribution in [3.05, 3.63) is 78.5 Å². The zero-order valence-electron chi connectivity index (χ0n) is 17.6. The van der Waals surface area contributed by atoms with Gasteiger partial charge in [0.05, 0.1) is 22.8 Å². The highest BCUT2D eigenvalue weighted by molar-refractivity contribution is 5.82. The number of hydrogen-bond donors (Lipinski definition) is 1. The van der Waals surface area contributed by atoms with E-state index in [2.05, 4.69) is 14.8 Å². The van der Waals surface area contributed by atoms with Crippen LogP contribution in [0, 0.1) is 0 Å². The maximum absolute atomic E-state index is 12.8. The second-order valence-electron chi connectivity index (χ2n) is 8.00. The molecule has 1 aromatic heterocycles. The van der Waals surface area contributed by atoms with Gasteiger partial charge in [0.2, 0.25) is 0 Å². The Labute approximate surface area is 188 Å². The van der Waals surface area contributed by atoms with E-state index in [1.54, 1.807) is 18.3 Å². The third kappa shape index (κ3) is 4.41. The summed E-state index contributed by atoms with van der Waals surface area (Å²) >= 11 is 0. The molecule has 0 spiro atoms. The first-order valence-electron chi connectivity index (χ1n) is 10.6. The molecule has 0 atom stereocenters. The number of anilines is 2. The maximum atomic E-state index is 12.8. The van der Waals surface area contributed by atoms with E-state index in [0.717, 1.165) is 45.8 Å². The van der Waals surface area contributed by atoms with Crippen LogP contribution in [-0.4, -0.2) is 41.3 Å². The summed E-state index contributed by atoms with van der Waals surface area (Å²) in [6.07, 6.45) is -2.57. The van der Waals surface area contributed by atoms with Gasteiger partial charge in [-0.1, -0.05) is 18.2 Å². The number of halogens is 3. The van der Waals surface area contributed by atoms with Crippen LogP contribution in [0.5, 0.6) is 5.75 Å². The maximum Gasteiger partial charge on any atom is 0.416 e. The Morgan fingerprint density at radius 3 is 2.03 bits per heavy atom. The number of aromatic hydroxyl groups is 1. The van der Waals surface area contributed by atoms with Gasteiger partial charge < -0.3 is 14.9 Å². The van der Waals surface area contributed by atoms with Crippen molar-refractivity contribution in [2.24, 2.45) is 0 Å². The fourth-order valence-electron chi connectivity index (χ4n) is 4.04. The van der Waals surface area contributed by atoms with Crippen molar-refractivity contribution in [2.45, 2.75) is 6.18 Å². The third-order valence-corrected chi connectivity index (χ3v) is 5.89. The largest absolute Gasteiger partial charge is 0.508 e. The van der Waals surface area contributed by atoms with Crippen LogP contribution in [0.4, 0.5) is 24.7 Å². The summed E-state index contributed by atoms with van der Waals surface area (Å²) in [5.74, 6) is 0.995. The minimum atomic E-state index is -4.33. The van der Waals surface area contributed by atoms with Gasteiger partial charge in [0.15, 0.2) is 0 Å². The lowest BCUT2D eigenvalue weighted by Gasteiger charge is -2.36. The SMILES string of the molecule is Oc1ccc(-c2ccc3ncc(N4CCN(c5ccc(C(F)(F)F)cc5)CC4)nc3c2)cc1. The van der Waals surface area contributed by atoms with Crippen molar-refractivity contribution < 1.29 is 18.3 Å². The molecule has 5 rings (SSSR count). The predicted molar refractivity (Wildman–Crippen MR) is 123 cm³/mol. The molecule has 0 unspecified atom stereocenters. The van der Waals surface area contributed by atoms with Crippen LogP contribution in [0.1, 0.15) is 5.56 Å². The first kappa shape index (κ1) is 21.1. The molecule has 2 heterocycles. The summed E-state index contributed by atoms with van der Waals surface area (Å²) in [5, 5.41) is 9.52. The minimum Gasteiger partial charge on any atom is -0.508 e. The number of alkyl halides is 3. The average molecular weight is 450 g/mol. The smallest absolute Gasteiger partial charge is 0.416 e. The summed E-state index contributed by atoms with van der Waals surface area (Å²) in [4.78, 5) is 13.6. The molecule has 0 amide bonds. The predicted octanol–water partition coefficient (Wildman–Crippen LogP) is 5.35. The van der Waals surface area contributed by atoms with E-state index < -0.39 is 11.7 Å². The van der Waals surface area contributed by atoms with Gasteiger partial charge in [-0.3, -0.25) is 4.98 Å². The van der Waals surface area contributed by atoms with Crippen LogP contribution in [-0.2, 0) is 6.18 Å². The number of fused-ring (bicyclic) bond motifs is 1. The molecule has 1 saturated heterocycles. The first-order chi connectivity index (χ1) is 15.9. The Balaban J connectivity index is 1.31. The molecule has 0 saturated carbocycles. The molecular formula is C25H21F3N4O. The summed E-state index contributed by atoms with van der Waals surface area (Å²) in [6, 6.07) is 18.2. The van der Waals surface area contributed by atoms with Crippen LogP contribution in [0.3, 0.4) is 0 Å². The van der Waals surface area contributed by atoms with Crippen LogP contribution < -0.4 is 9.80 Å². The van der Waals surface area contributed by atoms with Crippen LogP contribution in [0.2, 0.25) is 0 Å². The Bertz CT molecular complexity index is 1270. The lowest BCUT2D eigenvalue weighted by Crippen LogP contribution is -2.46. The Morgan fingerprint density at radius 2 is 1.36 bits per heavy atom. The van der Waals surface area contributed by atoms with Crippen molar-refractivity contribution in [3.8, 4) is 16.9 Å². The van der Waals surface area contributed by atoms with E-state index in [4.69, 9.17) is 4.98 Å². The molecule has 33 heavy (non-hydrogen) atoms. The quantitative estimate of drug-likeness (QED) is 0.456.